The number of hydrogen-bond donors (Lipinski definition) is 2. The maximum Gasteiger partial charge on any atom is 0.165 e. The van der Waals surface area contributed by atoms with Gasteiger partial charge in [-0.15, -0.1) is 0 Å². The van der Waals surface area contributed by atoms with Crippen molar-refractivity contribution >= 4 is 40.9 Å². The second kappa shape index (κ2) is 16.4. The first kappa shape index (κ1) is 37.4. The van der Waals surface area contributed by atoms with Crippen LogP contribution in [0.5, 0.6) is 0 Å². The van der Waals surface area contributed by atoms with Gasteiger partial charge in [-0.3, -0.25) is 4.98 Å². The molecule has 1 aliphatic rings. The van der Waals surface area contributed by atoms with Crippen LogP contribution in [0.3, 0.4) is 0 Å². The minimum atomic E-state index is -1.26. The number of nitrogens with zero attached hydrogens (tertiary/aromatic N) is 5. The van der Waals surface area contributed by atoms with E-state index < -0.39 is 22.3 Å². The monoisotopic (exact) mass is 701 g/mol. The summed E-state index contributed by atoms with van der Waals surface area (Å²) in [4.78, 5) is 12.4. The molecule has 1 aromatic carbocycles. The average molecular weight is 702 g/mol. The summed E-state index contributed by atoms with van der Waals surface area (Å²) in [7, 11) is -0.368. The topological polar surface area (TPSA) is 105 Å². The van der Waals surface area contributed by atoms with Gasteiger partial charge in [0, 0.05) is 63.9 Å². The molecule has 1 atom stereocenters. The number of hydrogen-bond acceptors (Lipinski definition) is 8. The average Bonchev–Trinajstić information content (AvgIpc) is 3.50. The fourth-order valence-electron chi connectivity index (χ4n) is 6.57. The maximum atomic E-state index is 10.4. The van der Waals surface area contributed by atoms with Gasteiger partial charge in [-0.25, -0.2) is 4.98 Å². The smallest absolute Gasteiger partial charge is 0.165 e. The largest absolute Gasteiger partial charge is 0.394 e. The van der Waals surface area contributed by atoms with Crippen molar-refractivity contribution in [1.82, 2.24) is 19.6 Å². The Morgan fingerprint density at radius 1 is 0.878 bits per heavy atom. The van der Waals surface area contributed by atoms with E-state index in [0.717, 1.165) is 82.8 Å². The number of fused-ring (bicyclic) bond motifs is 1. The van der Waals surface area contributed by atoms with Crippen molar-refractivity contribution in [2.24, 2.45) is 5.92 Å². The molecule has 3 aromatic heterocycles. The zero-order chi connectivity index (χ0) is 35.2. The summed E-state index contributed by atoms with van der Waals surface area (Å²) in [6.07, 6.45) is 6.67. The van der Waals surface area contributed by atoms with E-state index in [1.807, 2.05) is 35.1 Å². The van der Waals surface area contributed by atoms with Crippen LogP contribution in [0.15, 0.2) is 54.9 Å². The lowest BCUT2D eigenvalue weighted by Crippen LogP contribution is -2.38. The highest BCUT2D eigenvalue weighted by atomic mass is 28.3. The van der Waals surface area contributed by atoms with Crippen LogP contribution >= 0.6 is 0 Å². The molecule has 1 aliphatic carbocycles. The van der Waals surface area contributed by atoms with Crippen molar-refractivity contribution in [3.8, 4) is 22.4 Å². The molecule has 49 heavy (non-hydrogen) atoms. The highest BCUT2D eigenvalue weighted by Crippen LogP contribution is 2.38. The number of aliphatic hydroxyl groups excluding tert-OH is 2. The highest BCUT2D eigenvalue weighted by molar-refractivity contribution is 6.76. The predicted octanol–water partition coefficient (Wildman–Crippen LogP) is 5.77. The summed E-state index contributed by atoms with van der Waals surface area (Å²) in [6.45, 7) is 16.3. The van der Waals surface area contributed by atoms with Gasteiger partial charge >= 0.3 is 0 Å². The van der Waals surface area contributed by atoms with E-state index in [-0.39, 0.29) is 18.4 Å². The van der Waals surface area contributed by atoms with E-state index in [1.54, 1.807) is 0 Å². The number of aliphatic hydroxyl groups is 2. The van der Waals surface area contributed by atoms with E-state index in [4.69, 9.17) is 24.5 Å². The third-order valence-electron chi connectivity index (χ3n) is 9.71. The van der Waals surface area contributed by atoms with Crippen LogP contribution in [0.25, 0.3) is 28.0 Å². The number of aromatic nitrogens is 4. The van der Waals surface area contributed by atoms with Crippen molar-refractivity contribution < 1.29 is 19.7 Å². The Morgan fingerprint density at radius 2 is 1.51 bits per heavy atom. The Balaban J connectivity index is 1.54. The number of anilines is 1. The van der Waals surface area contributed by atoms with Crippen LogP contribution in [0.2, 0.25) is 51.4 Å². The Morgan fingerprint density at radius 3 is 2.06 bits per heavy atom. The molecule has 264 valence electrons. The maximum absolute atomic E-state index is 10.4. The number of pyridine rings is 1. The summed E-state index contributed by atoms with van der Waals surface area (Å²) >= 11 is 0. The lowest BCUT2D eigenvalue weighted by molar-refractivity contribution is 0.0301. The minimum Gasteiger partial charge on any atom is -0.394 e. The van der Waals surface area contributed by atoms with E-state index in [2.05, 4.69) is 76.3 Å². The lowest BCUT2D eigenvalue weighted by atomic mass is 9.75. The molecule has 0 saturated heterocycles. The van der Waals surface area contributed by atoms with Crippen molar-refractivity contribution in [1.29, 1.82) is 0 Å². The third-order valence-corrected chi connectivity index (χ3v) is 13.1. The molecule has 0 amide bonds. The zero-order valence-electron chi connectivity index (χ0n) is 30.7. The van der Waals surface area contributed by atoms with Crippen LogP contribution in [-0.4, -0.2) is 93.2 Å². The molecule has 0 bridgehead atoms. The molecule has 2 N–H and O–H groups in total. The van der Waals surface area contributed by atoms with E-state index >= 15 is 0 Å². The van der Waals surface area contributed by atoms with Crippen molar-refractivity contribution in [2.75, 3.05) is 38.2 Å². The Labute approximate surface area is 295 Å². The SMILES string of the molecule is Bc1c(N(COCC[Si](C)(C)C)COCC[Si](C)(C)C)n2ncc(-c3ccc(-c4ccccc4)nc3)c2nc1[C@H]1CC[C@H](C(O)CO)CC1. The van der Waals surface area contributed by atoms with Crippen LogP contribution in [0, 0.1) is 5.92 Å². The normalized spacial score (nSPS) is 17.8. The summed E-state index contributed by atoms with van der Waals surface area (Å²) in [6, 6.07) is 16.6. The number of rotatable bonds is 16. The molecule has 12 heteroatoms. The fourth-order valence-corrected chi connectivity index (χ4v) is 8.09. The second-order valence-corrected chi connectivity index (χ2v) is 27.4. The summed E-state index contributed by atoms with van der Waals surface area (Å²) in [5.74, 6) is 1.29. The lowest BCUT2D eigenvalue weighted by Gasteiger charge is -2.33. The first-order valence-electron chi connectivity index (χ1n) is 17.9. The molecule has 1 saturated carbocycles. The van der Waals surface area contributed by atoms with Gasteiger partial charge in [0.2, 0.25) is 0 Å². The Bertz CT molecular complexity index is 1610. The Kier molecular flexibility index (Phi) is 12.5. The van der Waals surface area contributed by atoms with Crippen LogP contribution in [0.1, 0.15) is 37.3 Å². The number of ether oxygens (including phenoxy) is 2. The molecule has 9 nitrogen and oxygen atoms in total. The van der Waals surface area contributed by atoms with Crippen LogP contribution < -0.4 is 10.4 Å². The molecule has 0 spiro atoms. The highest BCUT2D eigenvalue weighted by Gasteiger charge is 2.31. The van der Waals surface area contributed by atoms with Gasteiger partial charge in [0.25, 0.3) is 0 Å². The molecule has 3 heterocycles. The zero-order valence-corrected chi connectivity index (χ0v) is 32.7. The van der Waals surface area contributed by atoms with Gasteiger partial charge in [-0.05, 0) is 55.2 Å². The molecular formula is C37H56BN5O4Si2. The van der Waals surface area contributed by atoms with Gasteiger partial charge in [0.15, 0.2) is 5.65 Å². The first-order chi connectivity index (χ1) is 23.3. The molecular weight excluding hydrogens is 645 g/mol. The molecule has 5 rings (SSSR count). The standard InChI is InChI=1S/C37H56BN5O4Si2/c1-48(2,3)20-18-46-25-42(26-47-19-21-49(4,5)6)37-34(38)35(29-14-12-28(13-15-29)33(45)24-44)41-36-31(23-40-43(36)37)30-16-17-32(39-22-30)27-10-8-7-9-11-27/h7-11,16-17,22-23,28-29,33,44-45H,12-15,18-21,24-26,38H2,1-6H3/t28-,29-,33?. The van der Waals surface area contributed by atoms with E-state index in [0.29, 0.717) is 26.7 Å². The Hall–Kier alpha value is -2.87. The molecule has 1 fully saturated rings. The van der Waals surface area contributed by atoms with Crippen molar-refractivity contribution in [3.63, 3.8) is 0 Å². The third kappa shape index (κ3) is 9.89. The summed E-state index contributed by atoms with van der Waals surface area (Å²) < 4.78 is 14.7. The second-order valence-electron chi connectivity index (χ2n) is 16.1. The molecule has 0 aliphatic heterocycles. The van der Waals surface area contributed by atoms with Crippen molar-refractivity contribution in [3.05, 3.63) is 60.6 Å². The van der Waals surface area contributed by atoms with Gasteiger partial charge in [-0.1, -0.05) is 75.7 Å². The van der Waals surface area contributed by atoms with E-state index in [1.165, 1.54) is 0 Å². The van der Waals surface area contributed by atoms with Gasteiger partial charge in [0.05, 0.1) is 24.6 Å². The van der Waals surface area contributed by atoms with Crippen molar-refractivity contribution in [2.45, 2.75) is 89.1 Å². The summed E-state index contributed by atoms with van der Waals surface area (Å²) in [5, 5.41) is 24.9. The first-order valence-corrected chi connectivity index (χ1v) is 25.4. The molecule has 4 aromatic rings. The summed E-state index contributed by atoms with van der Waals surface area (Å²) in [5.41, 5.74) is 6.81. The van der Waals surface area contributed by atoms with Crippen LogP contribution in [-0.2, 0) is 9.47 Å². The van der Waals surface area contributed by atoms with Gasteiger partial charge in [0.1, 0.15) is 27.1 Å². The van der Waals surface area contributed by atoms with Crippen LogP contribution in [0.4, 0.5) is 5.82 Å². The fraction of sp³-hybridized carbons (Fsp3) is 0.541. The number of benzene rings is 1. The predicted molar refractivity (Wildman–Crippen MR) is 208 cm³/mol. The molecule has 1 unspecified atom stereocenters. The van der Waals surface area contributed by atoms with E-state index in [9.17, 15) is 10.2 Å². The molecule has 0 radical (unpaired) electrons. The minimum absolute atomic E-state index is 0.112. The van der Waals surface area contributed by atoms with Gasteiger partial charge < -0.3 is 24.6 Å². The quantitative estimate of drug-likeness (QED) is 0.0862. The van der Waals surface area contributed by atoms with Gasteiger partial charge in [-0.2, -0.15) is 9.61 Å².